The molecule has 0 radical (unpaired) electrons. The molecule has 0 saturated carbocycles. The summed E-state index contributed by atoms with van der Waals surface area (Å²) in [6.07, 6.45) is 0. The number of carbonyl (C=O) groups is 2. The van der Waals surface area contributed by atoms with Crippen LogP contribution in [-0.4, -0.2) is 36.4 Å². The van der Waals surface area contributed by atoms with Crippen LogP contribution in [-0.2, 0) is 16.1 Å². The Morgan fingerprint density at radius 2 is 1.92 bits per heavy atom. The summed E-state index contributed by atoms with van der Waals surface area (Å²) in [6.45, 7) is 3.51. The van der Waals surface area contributed by atoms with Gasteiger partial charge in [-0.3, -0.25) is 9.59 Å². The SMILES string of the molecule is CNC(=O)[C@@H](C)N(Cc1cccc(C)c1)C(=O)COc1ccccc1F. The van der Waals surface area contributed by atoms with E-state index in [0.717, 1.165) is 11.1 Å². The summed E-state index contributed by atoms with van der Waals surface area (Å²) in [5.41, 5.74) is 1.96. The molecule has 0 aliphatic carbocycles. The molecule has 2 aromatic carbocycles. The van der Waals surface area contributed by atoms with Crippen molar-refractivity contribution >= 4 is 11.8 Å². The number of aryl methyl sites for hydroxylation is 1. The molecule has 26 heavy (non-hydrogen) atoms. The van der Waals surface area contributed by atoms with E-state index in [9.17, 15) is 14.0 Å². The number of hydrogen-bond acceptors (Lipinski definition) is 3. The van der Waals surface area contributed by atoms with Crippen molar-refractivity contribution in [2.24, 2.45) is 0 Å². The second kappa shape index (κ2) is 8.99. The van der Waals surface area contributed by atoms with Crippen molar-refractivity contribution in [1.82, 2.24) is 10.2 Å². The Labute approximate surface area is 152 Å². The Balaban J connectivity index is 2.15. The van der Waals surface area contributed by atoms with E-state index >= 15 is 0 Å². The fraction of sp³-hybridized carbons (Fsp3) is 0.300. The van der Waals surface area contributed by atoms with Crippen molar-refractivity contribution in [3.05, 3.63) is 65.5 Å². The molecule has 0 aromatic heterocycles. The van der Waals surface area contributed by atoms with Gasteiger partial charge in [-0.05, 0) is 31.5 Å². The van der Waals surface area contributed by atoms with Crippen LogP contribution in [0, 0.1) is 12.7 Å². The number of benzene rings is 2. The van der Waals surface area contributed by atoms with E-state index < -0.39 is 17.8 Å². The molecule has 0 bridgehead atoms. The Bertz CT molecular complexity index is 779. The van der Waals surface area contributed by atoms with Crippen molar-refractivity contribution < 1.29 is 18.7 Å². The number of carbonyl (C=O) groups excluding carboxylic acids is 2. The van der Waals surface area contributed by atoms with Gasteiger partial charge in [-0.25, -0.2) is 4.39 Å². The third kappa shape index (κ3) is 5.05. The molecule has 2 rings (SSSR count). The molecule has 0 fully saturated rings. The van der Waals surface area contributed by atoms with Crippen LogP contribution in [0.15, 0.2) is 48.5 Å². The lowest BCUT2D eigenvalue weighted by Gasteiger charge is -2.28. The van der Waals surface area contributed by atoms with Gasteiger partial charge in [0.25, 0.3) is 5.91 Å². The molecule has 0 aliphatic heterocycles. The third-order valence-electron chi connectivity index (χ3n) is 4.04. The Morgan fingerprint density at radius 1 is 1.19 bits per heavy atom. The van der Waals surface area contributed by atoms with E-state index in [0.29, 0.717) is 0 Å². The molecular weight excluding hydrogens is 335 g/mol. The van der Waals surface area contributed by atoms with Crippen molar-refractivity contribution in [1.29, 1.82) is 0 Å². The maximum Gasteiger partial charge on any atom is 0.261 e. The lowest BCUT2D eigenvalue weighted by Crippen LogP contribution is -2.48. The number of nitrogens with one attached hydrogen (secondary N) is 1. The van der Waals surface area contributed by atoms with E-state index in [2.05, 4.69) is 5.32 Å². The summed E-state index contributed by atoms with van der Waals surface area (Å²) in [5, 5.41) is 2.55. The zero-order valence-corrected chi connectivity index (χ0v) is 15.2. The minimum atomic E-state index is -0.683. The standard InChI is InChI=1S/C20H23FN2O3/c1-14-7-6-8-16(11-14)12-23(15(2)20(25)22-3)19(24)13-26-18-10-5-4-9-17(18)21/h4-11,15H,12-13H2,1-3H3,(H,22,25)/t15-/m1/s1. The second-order valence-electron chi connectivity index (χ2n) is 6.02. The first-order valence-corrected chi connectivity index (χ1v) is 8.36. The van der Waals surface area contributed by atoms with Crippen LogP contribution in [0.4, 0.5) is 4.39 Å². The molecule has 0 heterocycles. The molecule has 138 valence electrons. The van der Waals surface area contributed by atoms with Gasteiger partial charge in [0.05, 0.1) is 0 Å². The number of amides is 2. The first kappa shape index (κ1) is 19.4. The Morgan fingerprint density at radius 3 is 2.58 bits per heavy atom. The molecule has 1 N–H and O–H groups in total. The van der Waals surface area contributed by atoms with Gasteiger partial charge in [0.15, 0.2) is 18.2 Å². The molecule has 0 unspecified atom stereocenters. The highest BCUT2D eigenvalue weighted by Crippen LogP contribution is 2.16. The monoisotopic (exact) mass is 358 g/mol. The predicted octanol–water partition coefficient (Wildman–Crippen LogP) is 2.68. The van der Waals surface area contributed by atoms with Crippen LogP contribution in [0.25, 0.3) is 0 Å². The average molecular weight is 358 g/mol. The fourth-order valence-electron chi connectivity index (χ4n) is 2.58. The van der Waals surface area contributed by atoms with Crippen molar-refractivity contribution in [3.8, 4) is 5.75 Å². The van der Waals surface area contributed by atoms with Crippen LogP contribution in [0.5, 0.6) is 5.75 Å². The summed E-state index contributed by atoms with van der Waals surface area (Å²) in [4.78, 5) is 26.1. The van der Waals surface area contributed by atoms with Crippen LogP contribution in [0.1, 0.15) is 18.1 Å². The highest BCUT2D eigenvalue weighted by molar-refractivity contribution is 5.87. The maximum absolute atomic E-state index is 13.7. The fourth-order valence-corrected chi connectivity index (χ4v) is 2.58. The molecule has 2 aromatic rings. The van der Waals surface area contributed by atoms with Gasteiger partial charge in [-0.1, -0.05) is 42.0 Å². The van der Waals surface area contributed by atoms with Crippen LogP contribution < -0.4 is 10.1 Å². The van der Waals surface area contributed by atoms with Gasteiger partial charge in [0.1, 0.15) is 6.04 Å². The van der Waals surface area contributed by atoms with E-state index in [-0.39, 0.29) is 24.8 Å². The van der Waals surface area contributed by atoms with E-state index in [1.54, 1.807) is 19.1 Å². The molecule has 0 saturated heterocycles. The maximum atomic E-state index is 13.7. The largest absolute Gasteiger partial charge is 0.481 e. The molecule has 5 nitrogen and oxygen atoms in total. The van der Waals surface area contributed by atoms with Gasteiger partial charge in [-0.2, -0.15) is 0 Å². The van der Waals surface area contributed by atoms with Crippen LogP contribution in [0.2, 0.25) is 0 Å². The number of para-hydroxylation sites is 1. The summed E-state index contributed by atoms with van der Waals surface area (Å²) in [7, 11) is 1.52. The summed E-state index contributed by atoms with van der Waals surface area (Å²) < 4.78 is 19.0. The Hall–Kier alpha value is -2.89. The normalized spacial score (nSPS) is 11.5. The molecule has 1 atom stereocenters. The average Bonchev–Trinajstić information content (AvgIpc) is 2.64. The molecule has 0 spiro atoms. The molecule has 6 heteroatoms. The zero-order valence-electron chi connectivity index (χ0n) is 15.2. The minimum Gasteiger partial charge on any atom is -0.481 e. The molecular formula is C20H23FN2O3. The smallest absolute Gasteiger partial charge is 0.261 e. The van der Waals surface area contributed by atoms with Crippen molar-refractivity contribution in [3.63, 3.8) is 0 Å². The molecule has 2 amide bonds. The quantitative estimate of drug-likeness (QED) is 0.828. The van der Waals surface area contributed by atoms with Crippen molar-refractivity contribution in [2.45, 2.75) is 26.4 Å². The second-order valence-corrected chi connectivity index (χ2v) is 6.02. The highest BCUT2D eigenvalue weighted by Gasteiger charge is 2.26. The Kier molecular flexibility index (Phi) is 6.72. The zero-order chi connectivity index (χ0) is 19.1. The number of nitrogens with zero attached hydrogens (tertiary/aromatic N) is 1. The van der Waals surface area contributed by atoms with E-state index in [1.807, 2.05) is 31.2 Å². The lowest BCUT2D eigenvalue weighted by atomic mass is 10.1. The lowest BCUT2D eigenvalue weighted by molar-refractivity contribution is -0.142. The van der Waals surface area contributed by atoms with Gasteiger partial charge in [-0.15, -0.1) is 0 Å². The van der Waals surface area contributed by atoms with Gasteiger partial charge in [0.2, 0.25) is 5.91 Å². The number of ether oxygens (including phenoxy) is 1. The highest BCUT2D eigenvalue weighted by atomic mass is 19.1. The minimum absolute atomic E-state index is 0.00366. The molecule has 0 aliphatic rings. The van der Waals surface area contributed by atoms with Crippen LogP contribution >= 0.6 is 0 Å². The van der Waals surface area contributed by atoms with Gasteiger partial charge in [0, 0.05) is 13.6 Å². The van der Waals surface area contributed by atoms with E-state index in [4.69, 9.17) is 4.74 Å². The van der Waals surface area contributed by atoms with Crippen LogP contribution in [0.3, 0.4) is 0 Å². The third-order valence-corrected chi connectivity index (χ3v) is 4.04. The summed E-state index contributed by atoms with van der Waals surface area (Å²) in [5.74, 6) is -1.21. The number of likely N-dealkylation sites (N-methyl/N-ethyl adjacent to an activating group) is 1. The number of hydrogen-bond donors (Lipinski definition) is 1. The topological polar surface area (TPSA) is 58.6 Å². The number of halogens is 1. The van der Waals surface area contributed by atoms with Gasteiger partial charge >= 0.3 is 0 Å². The number of rotatable bonds is 7. The van der Waals surface area contributed by atoms with Gasteiger partial charge < -0.3 is 15.0 Å². The first-order valence-electron chi connectivity index (χ1n) is 8.36. The van der Waals surface area contributed by atoms with Crippen molar-refractivity contribution in [2.75, 3.05) is 13.7 Å². The first-order chi connectivity index (χ1) is 12.4. The summed E-state index contributed by atoms with van der Waals surface area (Å²) >= 11 is 0. The predicted molar refractivity (Wildman–Crippen MR) is 97.2 cm³/mol. The van der Waals surface area contributed by atoms with E-state index in [1.165, 1.54) is 24.1 Å². The summed E-state index contributed by atoms with van der Waals surface area (Å²) in [6, 6.07) is 12.9.